The summed E-state index contributed by atoms with van der Waals surface area (Å²) < 4.78 is 0. The van der Waals surface area contributed by atoms with E-state index in [4.69, 9.17) is 16.9 Å². The van der Waals surface area contributed by atoms with E-state index in [9.17, 15) is 10.1 Å². The molecule has 0 bridgehead atoms. The van der Waals surface area contributed by atoms with Gasteiger partial charge in [-0.15, -0.1) is 0 Å². The molecule has 0 aliphatic heterocycles. The lowest BCUT2D eigenvalue weighted by atomic mass is 10.2. The number of nitrogens with zero attached hydrogens (tertiary/aromatic N) is 2. The van der Waals surface area contributed by atoms with E-state index in [2.05, 4.69) is 5.32 Å². The van der Waals surface area contributed by atoms with Crippen molar-refractivity contribution < 1.29 is 4.92 Å². The molecule has 5 nitrogen and oxygen atoms in total. The number of rotatable bonds is 4. The van der Waals surface area contributed by atoms with Crippen molar-refractivity contribution in [2.45, 2.75) is 6.54 Å². The largest absolute Gasteiger partial charge is 0.380 e. The van der Waals surface area contributed by atoms with Crippen LogP contribution in [-0.2, 0) is 6.54 Å². The first-order valence-corrected chi connectivity index (χ1v) is 6.15. The molecule has 6 heteroatoms. The number of anilines is 1. The minimum atomic E-state index is -0.436. The van der Waals surface area contributed by atoms with Crippen LogP contribution in [0.5, 0.6) is 0 Å². The summed E-state index contributed by atoms with van der Waals surface area (Å²) in [4.78, 5) is 10.1. The fourth-order valence-corrected chi connectivity index (χ4v) is 1.91. The first-order chi connectivity index (χ1) is 9.60. The fourth-order valence-electron chi connectivity index (χ4n) is 1.66. The summed E-state index contributed by atoms with van der Waals surface area (Å²) in [5, 5.41) is 22.9. The van der Waals surface area contributed by atoms with Gasteiger partial charge >= 0.3 is 0 Å². The predicted octanol–water partition coefficient (Wildman–Crippen LogP) is 3.73. The zero-order valence-electron chi connectivity index (χ0n) is 10.3. The maximum absolute atomic E-state index is 10.5. The number of hydrogen-bond donors (Lipinski definition) is 1. The molecule has 0 heterocycles. The van der Waals surface area contributed by atoms with E-state index < -0.39 is 4.92 Å². The Morgan fingerprint density at radius 1 is 1.25 bits per heavy atom. The van der Waals surface area contributed by atoms with Crippen LogP contribution in [0.3, 0.4) is 0 Å². The topological polar surface area (TPSA) is 79.0 Å². The summed E-state index contributed by atoms with van der Waals surface area (Å²) in [5.41, 5.74) is 2.17. The van der Waals surface area contributed by atoms with Gasteiger partial charge in [-0.3, -0.25) is 10.1 Å². The SMILES string of the molecule is N#Cc1ccc(NCc2ccc([N+](=O)[O-])cc2)c(Cl)c1. The van der Waals surface area contributed by atoms with Gasteiger partial charge in [0.15, 0.2) is 0 Å². The van der Waals surface area contributed by atoms with E-state index in [0.717, 1.165) is 5.56 Å². The van der Waals surface area contributed by atoms with Crippen LogP contribution in [0.1, 0.15) is 11.1 Å². The molecule has 2 aromatic rings. The minimum absolute atomic E-state index is 0.0603. The average Bonchev–Trinajstić information content (AvgIpc) is 2.46. The molecule has 0 amide bonds. The molecule has 0 aliphatic carbocycles. The van der Waals surface area contributed by atoms with Gasteiger partial charge in [-0.25, -0.2) is 0 Å². The van der Waals surface area contributed by atoms with Crippen molar-refractivity contribution in [3.05, 3.63) is 68.7 Å². The molecule has 0 aromatic heterocycles. The standard InChI is InChI=1S/C14H10ClN3O2/c15-13-7-11(8-16)3-6-14(13)17-9-10-1-4-12(5-2-10)18(19)20/h1-7,17H,9H2. The van der Waals surface area contributed by atoms with Gasteiger partial charge in [0.1, 0.15) is 0 Å². The summed E-state index contributed by atoms with van der Waals surface area (Å²) in [6, 6.07) is 13.3. The molecule has 0 atom stereocenters. The number of hydrogen-bond acceptors (Lipinski definition) is 4. The van der Waals surface area contributed by atoms with Crippen molar-refractivity contribution in [1.29, 1.82) is 5.26 Å². The highest BCUT2D eigenvalue weighted by Crippen LogP contribution is 2.23. The van der Waals surface area contributed by atoms with Crippen LogP contribution in [0.4, 0.5) is 11.4 Å². The molecule has 0 saturated carbocycles. The van der Waals surface area contributed by atoms with Gasteiger partial charge < -0.3 is 5.32 Å². The Bertz CT molecular complexity index is 678. The molecule has 0 spiro atoms. The summed E-state index contributed by atoms with van der Waals surface area (Å²) in [5.74, 6) is 0. The number of nitriles is 1. The second-order valence-electron chi connectivity index (χ2n) is 4.08. The lowest BCUT2D eigenvalue weighted by molar-refractivity contribution is -0.384. The molecule has 0 saturated heterocycles. The monoisotopic (exact) mass is 287 g/mol. The van der Waals surface area contributed by atoms with E-state index in [-0.39, 0.29) is 5.69 Å². The van der Waals surface area contributed by atoms with Crippen LogP contribution in [0.15, 0.2) is 42.5 Å². The zero-order valence-corrected chi connectivity index (χ0v) is 11.1. The number of nitro groups is 1. The van der Waals surface area contributed by atoms with Crippen LogP contribution >= 0.6 is 11.6 Å². The van der Waals surface area contributed by atoms with E-state index in [0.29, 0.717) is 22.8 Å². The Kier molecular flexibility index (Phi) is 4.18. The van der Waals surface area contributed by atoms with Gasteiger partial charge in [0.05, 0.1) is 27.3 Å². The van der Waals surface area contributed by atoms with E-state index in [1.807, 2.05) is 6.07 Å². The third kappa shape index (κ3) is 3.25. The maximum atomic E-state index is 10.5. The van der Waals surface area contributed by atoms with Crippen molar-refractivity contribution >= 4 is 23.0 Å². The van der Waals surface area contributed by atoms with Gasteiger partial charge in [0.2, 0.25) is 0 Å². The normalized spacial score (nSPS) is 9.80. The highest BCUT2D eigenvalue weighted by molar-refractivity contribution is 6.33. The quantitative estimate of drug-likeness (QED) is 0.686. The third-order valence-corrected chi connectivity index (χ3v) is 3.04. The van der Waals surface area contributed by atoms with Gasteiger partial charge in [-0.1, -0.05) is 23.7 Å². The summed E-state index contributed by atoms with van der Waals surface area (Å²) in [6.07, 6.45) is 0. The van der Waals surface area contributed by atoms with Crippen molar-refractivity contribution in [2.24, 2.45) is 0 Å². The van der Waals surface area contributed by atoms with Gasteiger partial charge in [0.25, 0.3) is 5.69 Å². The molecule has 20 heavy (non-hydrogen) atoms. The van der Waals surface area contributed by atoms with E-state index in [1.165, 1.54) is 12.1 Å². The number of benzene rings is 2. The average molecular weight is 288 g/mol. The maximum Gasteiger partial charge on any atom is 0.269 e. The molecule has 0 unspecified atom stereocenters. The molecular formula is C14H10ClN3O2. The van der Waals surface area contributed by atoms with Crippen LogP contribution < -0.4 is 5.32 Å². The second kappa shape index (κ2) is 6.04. The number of nitrogens with one attached hydrogen (secondary N) is 1. The Morgan fingerprint density at radius 2 is 1.95 bits per heavy atom. The first kappa shape index (κ1) is 13.8. The van der Waals surface area contributed by atoms with Crippen LogP contribution in [0, 0.1) is 21.4 Å². The molecule has 2 rings (SSSR count). The van der Waals surface area contributed by atoms with Crippen molar-refractivity contribution in [2.75, 3.05) is 5.32 Å². The van der Waals surface area contributed by atoms with E-state index >= 15 is 0 Å². The smallest absolute Gasteiger partial charge is 0.269 e. The Morgan fingerprint density at radius 3 is 2.50 bits per heavy atom. The lowest BCUT2D eigenvalue weighted by Crippen LogP contribution is -2.00. The summed E-state index contributed by atoms with van der Waals surface area (Å²) in [6.45, 7) is 0.490. The molecule has 2 aromatic carbocycles. The van der Waals surface area contributed by atoms with Crippen LogP contribution in [0.25, 0.3) is 0 Å². The summed E-state index contributed by atoms with van der Waals surface area (Å²) in [7, 11) is 0. The Hall–Kier alpha value is -2.58. The summed E-state index contributed by atoms with van der Waals surface area (Å²) >= 11 is 6.04. The molecular weight excluding hydrogens is 278 g/mol. The van der Waals surface area contributed by atoms with Gasteiger partial charge in [-0.05, 0) is 23.8 Å². The highest BCUT2D eigenvalue weighted by Gasteiger charge is 2.05. The Balaban J connectivity index is 2.05. The van der Waals surface area contributed by atoms with Crippen LogP contribution in [0.2, 0.25) is 5.02 Å². The van der Waals surface area contributed by atoms with Crippen molar-refractivity contribution in [1.82, 2.24) is 0 Å². The molecule has 0 fully saturated rings. The van der Waals surface area contributed by atoms with Crippen molar-refractivity contribution in [3.63, 3.8) is 0 Å². The van der Waals surface area contributed by atoms with Crippen LogP contribution in [-0.4, -0.2) is 4.92 Å². The molecule has 0 aliphatic rings. The molecule has 1 N–H and O–H groups in total. The van der Waals surface area contributed by atoms with Gasteiger partial charge in [-0.2, -0.15) is 5.26 Å². The Labute approximate surface area is 120 Å². The van der Waals surface area contributed by atoms with Gasteiger partial charge in [0, 0.05) is 18.7 Å². The zero-order chi connectivity index (χ0) is 14.5. The third-order valence-electron chi connectivity index (χ3n) is 2.73. The number of nitro benzene ring substituents is 1. The van der Waals surface area contributed by atoms with E-state index in [1.54, 1.807) is 30.3 Å². The number of halogens is 1. The van der Waals surface area contributed by atoms with Crippen molar-refractivity contribution in [3.8, 4) is 6.07 Å². The lowest BCUT2D eigenvalue weighted by Gasteiger charge is -2.08. The molecule has 100 valence electrons. The minimum Gasteiger partial charge on any atom is -0.380 e. The highest BCUT2D eigenvalue weighted by atomic mass is 35.5. The first-order valence-electron chi connectivity index (χ1n) is 5.77. The predicted molar refractivity (Wildman–Crippen MR) is 76.6 cm³/mol. The fraction of sp³-hybridized carbons (Fsp3) is 0.0714. The number of non-ortho nitro benzene ring substituents is 1. The molecule has 0 radical (unpaired) electrons. The second-order valence-corrected chi connectivity index (χ2v) is 4.49.